The van der Waals surface area contributed by atoms with Gasteiger partial charge >= 0.3 is 0 Å². The van der Waals surface area contributed by atoms with Crippen LogP contribution in [0.5, 0.6) is 0 Å². The summed E-state index contributed by atoms with van der Waals surface area (Å²) in [6, 6.07) is 5.28. The molecule has 1 rings (SSSR count). The largest absolute Gasteiger partial charge is 0.329 e. The van der Waals surface area contributed by atoms with Gasteiger partial charge in [-0.05, 0) is 36.6 Å². The van der Waals surface area contributed by atoms with Crippen molar-refractivity contribution in [3.8, 4) is 0 Å². The van der Waals surface area contributed by atoms with Crippen LogP contribution in [0.4, 0.5) is 4.39 Å². The van der Waals surface area contributed by atoms with E-state index >= 15 is 0 Å². The van der Waals surface area contributed by atoms with Crippen molar-refractivity contribution < 1.29 is 4.39 Å². The quantitative estimate of drug-likeness (QED) is 0.806. The van der Waals surface area contributed by atoms with Crippen molar-refractivity contribution in [2.45, 2.75) is 26.8 Å². The molecule has 0 fully saturated rings. The maximum Gasteiger partial charge on any atom is 0.126 e. The minimum Gasteiger partial charge on any atom is -0.329 e. The Balaban J connectivity index is 2.74. The first-order chi connectivity index (χ1) is 7.54. The molecule has 0 aliphatic rings. The second-order valence-corrected chi connectivity index (χ2v) is 4.60. The van der Waals surface area contributed by atoms with Gasteiger partial charge in [-0.1, -0.05) is 26.0 Å². The van der Waals surface area contributed by atoms with Gasteiger partial charge in [0.25, 0.3) is 0 Å². The summed E-state index contributed by atoms with van der Waals surface area (Å²) >= 11 is 0. The van der Waals surface area contributed by atoms with Crippen LogP contribution in [-0.2, 0) is 0 Å². The van der Waals surface area contributed by atoms with Crippen LogP contribution in [0.2, 0.25) is 0 Å². The number of rotatable bonds is 5. The molecule has 0 radical (unpaired) electrons. The molecule has 1 unspecified atom stereocenters. The van der Waals surface area contributed by atoms with E-state index in [0.29, 0.717) is 18.0 Å². The summed E-state index contributed by atoms with van der Waals surface area (Å²) in [5.41, 5.74) is 7.45. The van der Waals surface area contributed by atoms with E-state index in [2.05, 4.69) is 19.2 Å². The highest BCUT2D eigenvalue weighted by molar-refractivity contribution is 5.26. The van der Waals surface area contributed by atoms with E-state index in [9.17, 15) is 4.39 Å². The second kappa shape index (κ2) is 5.97. The van der Waals surface area contributed by atoms with Gasteiger partial charge in [0, 0.05) is 12.6 Å². The summed E-state index contributed by atoms with van der Waals surface area (Å²) in [7, 11) is 0. The average molecular weight is 224 g/mol. The molecule has 0 saturated heterocycles. The summed E-state index contributed by atoms with van der Waals surface area (Å²) in [6.07, 6.45) is 0. The molecule has 0 aromatic heterocycles. The van der Waals surface area contributed by atoms with Crippen LogP contribution in [0.1, 0.15) is 31.0 Å². The molecule has 0 heterocycles. The van der Waals surface area contributed by atoms with E-state index in [1.54, 1.807) is 13.0 Å². The standard InChI is InChI=1S/C13H21FN2/c1-9(2)8-16-13(7-15)11-4-5-12(14)10(3)6-11/h4-6,9,13,16H,7-8,15H2,1-3H3. The summed E-state index contributed by atoms with van der Waals surface area (Å²) in [5.74, 6) is 0.416. The molecule has 3 N–H and O–H groups in total. The van der Waals surface area contributed by atoms with Gasteiger partial charge in [-0.15, -0.1) is 0 Å². The third-order valence-corrected chi connectivity index (χ3v) is 2.59. The van der Waals surface area contributed by atoms with Crippen molar-refractivity contribution in [2.75, 3.05) is 13.1 Å². The SMILES string of the molecule is Cc1cc(C(CN)NCC(C)C)ccc1F. The predicted molar refractivity (Wildman–Crippen MR) is 65.8 cm³/mol. The van der Waals surface area contributed by atoms with Crippen LogP contribution >= 0.6 is 0 Å². The van der Waals surface area contributed by atoms with Crippen LogP contribution in [0.25, 0.3) is 0 Å². The monoisotopic (exact) mass is 224 g/mol. The number of benzene rings is 1. The first-order valence-electron chi connectivity index (χ1n) is 5.74. The molecule has 0 amide bonds. The molecule has 16 heavy (non-hydrogen) atoms. The molecule has 0 bridgehead atoms. The first-order valence-corrected chi connectivity index (χ1v) is 5.74. The summed E-state index contributed by atoms with van der Waals surface area (Å²) in [6.45, 7) is 7.51. The lowest BCUT2D eigenvalue weighted by molar-refractivity contribution is 0.478. The zero-order valence-corrected chi connectivity index (χ0v) is 10.3. The number of aryl methyl sites for hydroxylation is 1. The maximum absolute atomic E-state index is 13.1. The van der Waals surface area contributed by atoms with Gasteiger partial charge in [-0.3, -0.25) is 0 Å². The number of hydrogen-bond donors (Lipinski definition) is 2. The molecular weight excluding hydrogens is 203 g/mol. The van der Waals surface area contributed by atoms with Crippen LogP contribution in [0.3, 0.4) is 0 Å². The second-order valence-electron chi connectivity index (χ2n) is 4.60. The number of halogens is 1. The molecule has 1 aromatic rings. The number of nitrogens with two attached hydrogens (primary N) is 1. The van der Waals surface area contributed by atoms with Crippen molar-refractivity contribution in [2.24, 2.45) is 11.7 Å². The summed E-state index contributed by atoms with van der Waals surface area (Å²) < 4.78 is 13.1. The van der Waals surface area contributed by atoms with Crippen LogP contribution in [0.15, 0.2) is 18.2 Å². The molecule has 0 spiro atoms. The Bertz CT molecular complexity index is 337. The van der Waals surface area contributed by atoms with Crippen molar-refractivity contribution >= 4 is 0 Å². The zero-order chi connectivity index (χ0) is 12.1. The smallest absolute Gasteiger partial charge is 0.126 e. The lowest BCUT2D eigenvalue weighted by Crippen LogP contribution is -2.31. The van der Waals surface area contributed by atoms with E-state index in [4.69, 9.17) is 5.73 Å². The third kappa shape index (κ3) is 3.58. The highest BCUT2D eigenvalue weighted by Crippen LogP contribution is 2.16. The minimum atomic E-state index is -0.164. The molecule has 0 aliphatic carbocycles. The van der Waals surface area contributed by atoms with Crippen LogP contribution in [0, 0.1) is 18.7 Å². The van der Waals surface area contributed by atoms with E-state index < -0.39 is 0 Å². The highest BCUT2D eigenvalue weighted by Gasteiger charge is 2.10. The van der Waals surface area contributed by atoms with Crippen molar-refractivity contribution in [1.29, 1.82) is 0 Å². The molecule has 0 aliphatic heterocycles. The lowest BCUT2D eigenvalue weighted by Gasteiger charge is -2.19. The maximum atomic E-state index is 13.1. The van der Waals surface area contributed by atoms with Crippen molar-refractivity contribution in [3.63, 3.8) is 0 Å². The van der Waals surface area contributed by atoms with Gasteiger partial charge < -0.3 is 11.1 Å². The predicted octanol–water partition coefficient (Wildman–Crippen LogP) is 2.38. The Morgan fingerprint density at radius 2 is 2.06 bits per heavy atom. The fraction of sp³-hybridized carbons (Fsp3) is 0.538. The Hall–Kier alpha value is -0.930. The van der Waals surface area contributed by atoms with Gasteiger partial charge in [-0.25, -0.2) is 4.39 Å². The third-order valence-electron chi connectivity index (χ3n) is 2.59. The van der Waals surface area contributed by atoms with E-state index in [0.717, 1.165) is 12.1 Å². The van der Waals surface area contributed by atoms with E-state index in [1.165, 1.54) is 6.07 Å². The first kappa shape index (κ1) is 13.1. The topological polar surface area (TPSA) is 38.0 Å². The fourth-order valence-corrected chi connectivity index (χ4v) is 1.60. The molecule has 2 nitrogen and oxygen atoms in total. The normalized spacial score (nSPS) is 13.1. The Morgan fingerprint density at radius 1 is 1.38 bits per heavy atom. The Kier molecular flexibility index (Phi) is 4.90. The number of nitrogens with one attached hydrogen (secondary N) is 1. The molecular formula is C13H21FN2. The van der Waals surface area contributed by atoms with Gasteiger partial charge in [0.2, 0.25) is 0 Å². The zero-order valence-electron chi connectivity index (χ0n) is 10.3. The van der Waals surface area contributed by atoms with E-state index in [-0.39, 0.29) is 11.9 Å². The Morgan fingerprint density at radius 3 is 2.56 bits per heavy atom. The van der Waals surface area contributed by atoms with Crippen molar-refractivity contribution in [3.05, 3.63) is 35.1 Å². The molecule has 90 valence electrons. The minimum absolute atomic E-state index is 0.113. The van der Waals surface area contributed by atoms with Gasteiger partial charge in [0.15, 0.2) is 0 Å². The number of hydrogen-bond acceptors (Lipinski definition) is 2. The summed E-state index contributed by atoms with van der Waals surface area (Å²) in [4.78, 5) is 0. The van der Waals surface area contributed by atoms with Gasteiger partial charge in [0.1, 0.15) is 5.82 Å². The van der Waals surface area contributed by atoms with E-state index in [1.807, 2.05) is 6.07 Å². The Labute approximate surface area is 97.0 Å². The average Bonchev–Trinajstić information content (AvgIpc) is 2.23. The summed E-state index contributed by atoms with van der Waals surface area (Å²) in [5, 5.41) is 3.38. The van der Waals surface area contributed by atoms with Gasteiger partial charge in [0.05, 0.1) is 0 Å². The molecule has 1 aromatic carbocycles. The van der Waals surface area contributed by atoms with Gasteiger partial charge in [-0.2, -0.15) is 0 Å². The van der Waals surface area contributed by atoms with Crippen LogP contribution in [-0.4, -0.2) is 13.1 Å². The molecule has 3 heteroatoms. The fourth-order valence-electron chi connectivity index (χ4n) is 1.60. The molecule has 0 saturated carbocycles. The van der Waals surface area contributed by atoms with Crippen molar-refractivity contribution in [1.82, 2.24) is 5.32 Å². The highest BCUT2D eigenvalue weighted by atomic mass is 19.1. The molecule has 1 atom stereocenters. The lowest BCUT2D eigenvalue weighted by atomic mass is 10.0. The van der Waals surface area contributed by atoms with Crippen LogP contribution < -0.4 is 11.1 Å².